The van der Waals surface area contributed by atoms with Crippen molar-refractivity contribution in [1.29, 1.82) is 0 Å². The molecule has 0 aliphatic rings. The van der Waals surface area contributed by atoms with E-state index in [0.29, 0.717) is 12.5 Å². The molecule has 2 heterocycles. The second-order valence-electron chi connectivity index (χ2n) is 4.06. The van der Waals surface area contributed by atoms with Crippen molar-refractivity contribution in [2.24, 2.45) is 5.16 Å². The Morgan fingerprint density at radius 2 is 2.20 bits per heavy atom. The van der Waals surface area contributed by atoms with Crippen LogP contribution in [0.15, 0.2) is 47.1 Å². The van der Waals surface area contributed by atoms with Crippen LogP contribution < -0.4 is 4.74 Å². The lowest BCUT2D eigenvalue weighted by Crippen LogP contribution is -1.94. The molecule has 6 heteroatoms. The fraction of sp³-hybridized carbons (Fsp3) is 0.143. The van der Waals surface area contributed by atoms with Crippen molar-refractivity contribution in [2.75, 3.05) is 7.11 Å². The zero-order valence-electron chi connectivity index (χ0n) is 10.9. The number of benzene rings is 1. The van der Waals surface area contributed by atoms with Gasteiger partial charge in [-0.3, -0.25) is 4.40 Å². The van der Waals surface area contributed by atoms with Gasteiger partial charge in [-0.2, -0.15) is 4.98 Å². The topological polar surface area (TPSA) is 48.1 Å². The third kappa shape index (κ3) is 2.50. The number of thiazole rings is 1. The Kier molecular flexibility index (Phi) is 3.64. The van der Waals surface area contributed by atoms with E-state index in [1.54, 1.807) is 24.7 Å². The minimum Gasteiger partial charge on any atom is -0.479 e. The summed E-state index contributed by atoms with van der Waals surface area (Å²) in [5, 5.41) is 5.95. The standard InChI is InChI=1S/C14H13N3O2S/c1-18-13-12(17-7-8-20-14(17)16-13)9-15-19-10-11-5-3-2-4-6-11/h2-9H,10H2,1H3/b15-9+. The van der Waals surface area contributed by atoms with Crippen LogP contribution in [0.25, 0.3) is 4.96 Å². The molecule has 0 radical (unpaired) electrons. The van der Waals surface area contributed by atoms with Crippen LogP contribution in [0.5, 0.6) is 5.88 Å². The molecule has 0 saturated heterocycles. The second kappa shape index (κ2) is 5.75. The third-order valence-corrected chi connectivity index (χ3v) is 3.54. The molecule has 2 aromatic heterocycles. The minimum atomic E-state index is 0.436. The van der Waals surface area contributed by atoms with E-state index < -0.39 is 0 Å². The van der Waals surface area contributed by atoms with Crippen molar-refractivity contribution >= 4 is 22.5 Å². The number of nitrogens with zero attached hydrogens (tertiary/aromatic N) is 3. The van der Waals surface area contributed by atoms with Crippen LogP contribution in [0.3, 0.4) is 0 Å². The number of hydrogen-bond donors (Lipinski definition) is 0. The van der Waals surface area contributed by atoms with Crippen LogP contribution in [-0.2, 0) is 11.4 Å². The van der Waals surface area contributed by atoms with E-state index in [-0.39, 0.29) is 0 Å². The zero-order valence-corrected chi connectivity index (χ0v) is 11.7. The molecule has 0 saturated carbocycles. The number of aromatic nitrogens is 2. The molecule has 0 atom stereocenters. The van der Waals surface area contributed by atoms with Gasteiger partial charge in [-0.25, -0.2) is 0 Å². The average Bonchev–Trinajstić information content (AvgIpc) is 3.06. The van der Waals surface area contributed by atoms with Gasteiger partial charge in [0.25, 0.3) is 0 Å². The first-order valence-electron chi connectivity index (χ1n) is 6.07. The molecule has 3 aromatic rings. The maximum absolute atomic E-state index is 5.29. The zero-order chi connectivity index (χ0) is 13.8. The highest BCUT2D eigenvalue weighted by atomic mass is 32.1. The molecule has 0 bridgehead atoms. The van der Waals surface area contributed by atoms with E-state index in [0.717, 1.165) is 16.2 Å². The SMILES string of the molecule is COc1nc2sccn2c1/C=N/OCc1ccccc1. The largest absolute Gasteiger partial charge is 0.479 e. The fourth-order valence-electron chi connectivity index (χ4n) is 1.82. The molecular formula is C14H13N3O2S. The van der Waals surface area contributed by atoms with Crippen molar-refractivity contribution in [3.63, 3.8) is 0 Å². The highest BCUT2D eigenvalue weighted by Gasteiger charge is 2.11. The number of imidazole rings is 1. The molecule has 0 N–H and O–H groups in total. The number of fused-ring (bicyclic) bond motifs is 1. The van der Waals surface area contributed by atoms with E-state index in [1.807, 2.05) is 46.3 Å². The molecule has 20 heavy (non-hydrogen) atoms. The quantitative estimate of drug-likeness (QED) is 0.535. The van der Waals surface area contributed by atoms with Crippen molar-refractivity contribution in [3.8, 4) is 5.88 Å². The lowest BCUT2D eigenvalue weighted by molar-refractivity contribution is 0.132. The van der Waals surface area contributed by atoms with Gasteiger partial charge in [0, 0.05) is 11.6 Å². The highest BCUT2D eigenvalue weighted by molar-refractivity contribution is 7.15. The Morgan fingerprint density at radius 3 is 3.00 bits per heavy atom. The maximum Gasteiger partial charge on any atom is 0.242 e. The van der Waals surface area contributed by atoms with Gasteiger partial charge in [-0.1, -0.05) is 35.5 Å². The Hall–Kier alpha value is -2.34. The Morgan fingerprint density at radius 1 is 1.35 bits per heavy atom. The molecule has 0 unspecified atom stereocenters. The van der Waals surface area contributed by atoms with Crippen molar-refractivity contribution in [2.45, 2.75) is 6.61 Å². The lowest BCUT2D eigenvalue weighted by atomic mass is 10.2. The molecule has 0 spiro atoms. The van der Waals surface area contributed by atoms with Gasteiger partial charge in [-0.15, -0.1) is 11.3 Å². The summed E-state index contributed by atoms with van der Waals surface area (Å²) in [6.07, 6.45) is 3.54. The summed E-state index contributed by atoms with van der Waals surface area (Å²) in [6.45, 7) is 0.436. The van der Waals surface area contributed by atoms with Crippen molar-refractivity contribution in [1.82, 2.24) is 9.38 Å². The predicted octanol–water partition coefficient (Wildman–Crippen LogP) is 2.96. The lowest BCUT2D eigenvalue weighted by Gasteiger charge is -1.99. The van der Waals surface area contributed by atoms with Gasteiger partial charge in [0.15, 0.2) is 4.96 Å². The van der Waals surface area contributed by atoms with Crippen molar-refractivity contribution < 1.29 is 9.57 Å². The first kappa shape index (κ1) is 12.7. The molecule has 5 nitrogen and oxygen atoms in total. The summed E-state index contributed by atoms with van der Waals surface area (Å²) in [6, 6.07) is 9.89. The molecule has 0 aliphatic heterocycles. The van der Waals surface area contributed by atoms with Gasteiger partial charge >= 0.3 is 0 Å². The Balaban J connectivity index is 1.72. The normalized spacial score (nSPS) is 11.2. The van der Waals surface area contributed by atoms with E-state index in [9.17, 15) is 0 Å². The molecule has 3 rings (SSSR count). The van der Waals surface area contributed by atoms with E-state index in [4.69, 9.17) is 9.57 Å². The summed E-state index contributed by atoms with van der Waals surface area (Å²) >= 11 is 1.54. The predicted molar refractivity (Wildman–Crippen MR) is 78.4 cm³/mol. The van der Waals surface area contributed by atoms with E-state index in [1.165, 1.54) is 0 Å². The number of ether oxygens (including phenoxy) is 1. The summed E-state index contributed by atoms with van der Waals surface area (Å²) in [5.74, 6) is 0.545. The monoisotopic (exact) mass is 287 g/mol. The van der Waals surface area contributed by atoms with Crippen LogP contribution in [0.1, 0.15) is 11.3 Å². The Labute approximate surface area is 120 Å². The van der Waals surface area contributed by atoms with Gasteiger partial charge in [0.1, 0.15) is 12.3 Å². The molecule has 102 valence electrons. The molecule has 0 fully saturated rings. The second-order valence-corrected chi connectivity index (χ2v) is 4.93. The summed E-state index contributed by atoms with van der Waals surface area (Å²) < 4.78 is 7.15. The number of hydrogen-bond acceptors (Lipinski definition) is 5. The summed E-state index contributed by atoms with van der Waals surface area (Å²) in [7, 11) is 1.59. The van der Waals surface area contributed by atoms with E-state index >= 15 is 0 Å². The van der Waals surface area contributed by atoms with Crippen LogP contribution >= 0.6 is 11.3 Å². The third-order valence-electron chi connectivity index (χ3n) is 2.78. The van der Waals surface area contributed by atoms with Gasteiger partial charge in [0.2, 0.25) is 5.88 Å². The van der Waals surface area contributed by atoms with Gasteiger partial charge in [0.05, 0.1) is 13.3 Å². The first-order chi connectivity index (χ1) is 9.88. The number of rotatable bonds is 5. The van der Waals surface area contributed by atoms with Gasteiger partial charge in [-0.05, 0) is 5.56 Å². The molecule has 1 aromatic carbocycles. The smallest absolute Gasteiger partial charge is 0.242 e. The van der Waals surface area contributed by atoms with Crippen LogP contribution in [0, 0.1) is 0 Å². The van der Waals surface area contributed by atoms with E-state index in [2.05, 4.69) is 10.1 Å². The summed E-state index contributed by atoms with van der Waals surface area (Å²) in [4.78, 5) is 10.5. The fourth-order valence-corrected chi connectivity index (χ4v) is 2.54. The highest BCUT2D eigenvalue weighted by Crippen LogP contribution is 2.21. The first-order valence-corrected chi connectivity index (χ1v) is 6.95. The van der Waals surface area contributed by atoms with Gasteiger partial charge < -0.3 is 9.57 Å². The van der Waals surface area contributed by atoms with Crippen molar-refractivity contribution in [3.05, 3.63) is 53.2 Å². The minimum absolute atomic E-state index is 0.436. The molecular weight excluding hydrogens is 274 g/mol. The van der Waals surface area contributed by atoms with Crippen LogP contribution in [0.2, 0.25) is 0 Å². The van der Waals surface area contributed by atoms with Crippen LogP contribution in [-0.4, -0.2) is 22.7 Å². The Bertz CT molecular complexity index is 718. The van der Waals surface area contributed by atoms with Crippen LogP contribution in [0.4, 0.5) is 0 Å². The maximum atomic E-state index is 5.29. The average molecular weight is 287 g/mol. The molecule has 0 amide bonds. The summed E-state index contributed by atoms with van der Waals surface area (Å²) in [5.41, 5.74) is 1.85. The number of oxime groups is 1. The molecule has 0 aliphatic carbocycles. The number of methoxy groups -OCH3 is 1.